The maximum atomic E-state index is 6.05. The van der Waals surface area contributed by atoms with Crippen molar-refractivity contribution in [2.24, 2.45) is 0 Å². The fraction of sp³-hybridized carbons (Fsp3) is 0.250. The van der Waals surface area contributed by atoms with Crippen molar-refractivity contribution in [3.05, 3.63) is 45.4 Å². The Balaban J connectivity index is 2.46. The van der Waals surface area contributed by atoms with Crippen LogP contribution in [0.4, 0.5) is 17.1 Å². The van der Waals surface area contributed by atoms with E-state index < -0.39 is 0 Å². The van der Waals surface area contributed by atoms with Crippen molar-refractivity contribution in [3.8, 4) is 5.75 Å². The Kier molecular flexibility index (Phi) is 4.23. The van der Waals surface area contributed by atoms with Gasteiger partial charge in [-0.2, -0.15) is 0 Å². The first-order chi connectivity index (χ1) is 9.43. The Morgan fingerprint density at radius 1 is 1.10 bits per heavy atom. The summed E-state index contributed by atoms with van der Waals surface area (Å²) in [6.45, 7) is 6.21. The van der Waals surface area contributed by atoms with E-state index in [0.717, 1.165) is 32.7 Å². The largest absolute Gasteiger partial charge is 0.496 e. The normalized spacial score (nSPS) is 10.4. The summed E-state index contributed by atoms with van der Waals surface area (Å²) in [7, 11) is 1.70. The lowest BCUT2D eigenvalue weighted by Crippen LogP contribution is -2.02. The lowest BCUT2D eigenvalue weighted by atomic mass is 10.0. The highest BCUT2D eigenvalue weighted by molar-refractivity contribution is 9.10. The fourth-order valence-corrected chi connectivity index (χ4v) is 2.61. The van der Waals surface area contributed by atoms with Gasteiger partial charge in [-0.25, -0.2) is 0 Å². The van der Waals surface area contributed by atoms with Gasteiger partial charge in [-0.1, -0.05) is 15.9 Å². The topological polar surface area (TPSA) is 47.3 Å². The summed E-state index contributed by atoms with van der Waals surface area (Å²) in [5, 5.41) is 3.43. The SMILES string of the molecule is COc1cc(C)c(Nc2ccc(Br)cc2N)c(C)c1C. The number of nitrogen functional groups attached to an aromatic ring is 1. The van der Waals surface area contributed by atoms with Crippen LogP contribution in [0.5, 0.6) is 5.75 Å². The lowest BCUT2D eigenvalue weighted by molar-refractivity contribution is 0.411. The van der Waals surface area contributed by atoms with Crippen LogP contribution >= 0.6 is 15.9 Å². The number of nitrogens with one attached hydrogen (secondary N) is 1. The number of hydrogen-bond donors (Lipinski definition) is 2. The van der Waals surface area contributed by atoms with Gasteiger partial charge in [0.05, 0.1) is 18.5 Å². The van der Waals surface area contributed by atoms with Gasteiger partial charge in [0.15, 0.2) is 0 Å². The molecule has 0 atom stereocenters. The van der Waals surface area contributed by atoms with E-state index in [4.69, 9.17) is 10.5 Å². The van der Waals surface area contributed by atoms with Crippen molar-refractivity contribution >= 4 is 33.0 Å². The number of aryl methyl sites for hydroxylation is 1. The molecule has 3 N–H and O–H groups in total. The molecule has 2 rings (SSSR count). The van der Waals surface area contributed by atoms with Crippen LogP contribution in [0.1, 0.15) is 16.7 Å². The highest BCUT2D eigenvalue weighted by atomic mass is 79.9. The van der Waals surface area contributed by atoms with Crippen molar-refractivity contribution in [2.45, 2.75) is 20.8 Å². The summed E-state index contributed by atoms with van der Waals surface area (Å²) < 4.78 is 6.36. The Morgan fingerprint density at radius 3 is 2.40 bits per heavy atom. The first-order valence-corrected chi connectivity index (χ1v) is 7.20. The van der Waals surface area contributed by atoms with Crippen LogP contribution in [0.2, 0.25) is 0 Å². The van der Waals surface area contributed by atoms with E-state index in [9.17, 15) is 0 Å². The zero-order chi connectivity index (χ0) is 14.9. The van der Waals surface area contributed by atoms with Gasteiger partial charge >= 0.3 is 0 Å². The van der Waals surface area contributed by atoms with Crippen LogP contribution in [-0.4, -0.2) is 7.11 Å². The molecule has 20 heavy (non-hydrogen) atoms. The fourth-order valence-electron chi connectivity index (χ4n) is 2.23. The van der Waals surface area contributed by atoms with E-state index in [0.29, 0.717) is 5.69 Å². The van der Waals surface area contributed by atoms with Crippen molar-refractivity contribution in [1.82, 2.24) is 0 Å². The molecule has 4 heteroatoms. The molecular weight excluding hydrogens is 316 g/mol. The number of hydrogen-bond acceptors (Lipinski definition) is 3. The summed E-state index contributed by atoms with van der Waals surface area (Å²) >= 11 is 3.42. The van der Waals surface area contributed by atoms with Crippen molar-refractivity contribution < 1.29 is 4.74 Å². The van der Waals surface area contributed by atoms with Gasteiger partial charge in [-0.15, -0.1) is 0 Å². The second-order valence-corrected chi connectivity index (χ2v) is 5.79. The molecule has 0 fully saturated rings. The summed E-state index contributed by atoms with van der Waals surface area (Å²) in [6, 6.07) is 7.88. The number of halogens is 1. The summed E-state index contributed by atoms with van der Waals surface area (Å²) in [6.07, 6.45) is 0. The van der Waals surface area contributed by atoms with E-state index in [2.05, 4.69) is 42.0 Å². The van der Waals surface area contributed by atoms with E-state index in [-0.39, 0.29) is 0 Å². The minimum absolute atomic E-state index is 0.714. The average molecular weight is 335 g/mol. The van der Waals surface area contributed by atoms with Gasteiger partial charge in [0.25, 0.3) is 0 Å². The molecule has 0 unspecified atom stereocenters. The third kappa shape index (κ3) is 2.75. The molecule has 0 spiro atoms. The van der Waals surface area contributed by atoms with Crippen LogP contribution in [-0.2, 0) is 0 Å². The molecule has 0 heterocycles. The molecule has 0 aliphatic carbocycles. The maximum absolute atomic E-state index is 6.05. The van der Waals surface area contributed by atoms with Crippen LogP contribution in [0.3, 0.4) is 0 Å². The highest BCUT2D eigenvalue weighted by Gasteiger charge is 2.11. The molecule has 3 nitrogen and oxygen atoms in total. The molecule has 0 aliphatic rings. The summed E-state index contributed by atoms with van der Waals surface area (Å²) in [4.78, 5) is 0. The molecule has 0 saturated heterocycles. The molecule has 2 aromatic carbocycles. The minimum Gasteiger partial charge on any atom is -0.496 e. The Bertz CT molecular complexity index is 653. The van der Waals surface area contributed by atoms with E-state index in [1.807, 2.05) is 24.3 Å². The molecule has 2 aromatic rings. The van der Waals surface area contributed by atoms with Crippen molar-refractivity contribution in [1.29, 1.82) is 0 Å². The van der Waals surface area contributed by atoms with Gasteiger partial charge in [-0.05, 0) is 61.7 Å². The Labute approximate surface area is 128 Å². The van der Waals surface area contributed by atoms with E-state index in [1.165, 1.54) is 5.56 Å². The molecule has 0 amide bonds. The maximum Gasteiger partial charge on any atom is 0.122 e. The monoisotopic (exact) mass is 334 g/mol. The molecule has 106 valence electrons. The Morgan fingerprint density at radius 2 is 1.80 bits per heavy atom. The van der Waals surface area contributed by atoms with Crippen LogP contribution in [0.15, 0.2) is 28.7 Å². The zero-order valence-electron chi connectivity index (χ0n) is 12.2. The molecule has 0 aromatic heterocycles. The number of methoxy groups -OCH3 is 1. The smallest absolute Gasteiger partial charge is 0.122 e. The van der Waals surface area contributed by atoms with Gasteiger partial charge < -0.3 is 15.8 Å². The first-order valence-electron chi connectivity index (χ1n) is 6.41. The van der Waals surface area contributed by atoms with Crippen LogP contribution in [0, 0.1) is 20.8 Å². The second kappa shape index (κ2) is 5.75. The highest BCUT2D eigenvalue weighted by Crippen LogP contribution is 2.34. The molecular formula is C16H19BrN2O. The predicted octanol–water partition coefficient (Wildman–Crippen LogP) is 4.71. The lowest BCUT2D eigenvalue weighted by Gasteiger charge is -2.18. The standard InChI is InChI=1S/C16H19BrN2O/c1-9-7-15(20-4)10(2)11(3)16(9)19-14-6-5-12(17)8-13(14)18/h5-8,19H,18H2,1-4H3. The number of ether oxygens (including phenoxy) is 1. The Hall–Kier alpha value is -1.68. The van der Waals surface area contributed by atoms with Gasteiger partial charge in [-0.3, -0.25) is 0 Å². The van der Waals surface area contributed by atoms with E-state index >= 15 is 0 Å². The number of anilines is 3. The first kappa shape index (κ1) is 14.7. The van der Waals surface area contributed by atoms with E-state index in [1.54, 1.807) is 7.11 Å². The molecule has 0 radical (unpaired) electrons. The quantitative estimate of drug-likeness (QED) is 0.799. The van der Waals surface area contributed by atoms with Crippen LogP contribution in [0.25, 0.3) is 0 Å². The number of rotatable bonds is 3. The summed E-state index contributed by atoms with van der Waals surface area (Å²) in [5.41, 5.74) is 12.2. The minimum atomic E-state index is 0.714. The van der Waals surface area contributed by atoms with Gasteiger partial charge in [0.2, 0.25) is 0 Å². The third-order valence-corrected chi connectivity index (χ3v) is 4.04. The predicted molar refractivity (Wildman–Crippen MR) is 89.0 cm³/mol. The van der Waals surface area contributed by atoms with Gasteiger partial charge in [0.1, 0.15) is 5.75 Å². The zero-order valence-corrected chi connectivity index (χ0v) is 13.8. The third-order valence-electron chi connectivity index (χ3n) is 3.54. The van der Waals surface area contributed by atoms with Crippen molar-refractivity contribution in [3.63, 3.8) is 0 Å². The molecule has 0 bridgehead atoms. The molecule has 0 saturated carbocycles. The summed E-state index contributed by atoms with van der Waals surface area (Å²) in [5.74, 6) is 0.911. The van der Waals surface area contributed by atoms with Crippen LogP contribution < -0.4 is 15.8 Å². The second-order valence-electron chi connectivity index (χ2n) is 4.88. The number of nitrogens with two attached hydrogens (primary N) is 1. The van der Waals surface area contributed by atoms with Crippen molar-refractivity contribution in [2.75, 3.05) is 18.2 Å². The number of benzene rings is 2. The average Bonchev–Trinajstić information content (AvgIpc) is 2.41. The molecule has 0 aliphatic heterocycles. The van der Waals surface area contributed by atoms with Gasteiger partial charge in [0, 0.05) is 10.2 Å².